The molecule has 0 radical (unpaired) electrons. The number of amides is 1. The third-order valence-corrected chi connectivity index (χ3v) is 4.53. The Kier molecular flexibility index (Phi) is 3.61. The van der Waals surface area contributed by atoms with Gasteiger partial charge in [0, 0.05) is 35.8 Å². The van der Waals surface area contributed by atoms with Gasteiger partial charge in [-0.15, -0.1) is 0 Å². The van der Waals surface area contributed by atoms with Crippen molar-refractivity contribution >= 4 is 35.0 Å². The Labute approximate surface area is 148 Å². The molecule has 1 aromatic heterocycles. The molecule has 2 aliphatic rings. The van der Waals surface area contributed by atoms with Crippen molar-refractivity contribution in [3.63, 3.8) is 0 Å². The number of thiocarbonyl (C=S) groups is 1. The van der Waals surface area contributed by atoms with E-state index in [9.17, 15) is 14.9 Å². The molecule has 2 fully saturated rings. The maximum atomic E-state index is 12.5. The van der Waals surface area contributed by atoms with E-state index in [0.29, 0.717) is 10.8 Å². The van der Waals surface area contributed by atoms with Gasteiger partial charge in [-0.3, -0.25) is 19.8 Å². The van der Waals surface area contributed by atoms with Crippen LogP contribution in [0.1, 0.15) is 18.5 Å². The first-order chi connectivity index (χ1) is 12.0. The minimum atomic E-state index is -0.434. The Balaban J connectivity index is 1.65. The van der Waals surface area contributed by atoms with E-state index in [0.717, 1.165) is 24.2 Å². The lowest BCUT2D eigenvalue weighted by atomic mass is 10.2. The molecule has 2 heterocycles. The molecular formula is C17H14N4O3S. The van der Waals surface area contributed by atoms with E-state index in [1.165, 1.54) is 12.1 Å². The molecule has 25 heavy (non-hydrogen) atoms. The van der Waals surface area contributed by atoms with Crippen LogP contribution in [0.4, 0.5) is 5.69 Å². The van der Waals surface area contributed by atoms with Gasteiger partial charge < -0.3 is 9.88 Å². The van der Waals surface area contributed by atoms with Crippen LogP contribution in [0.2, 0.25) is 0 Å². The normalized spacial score (nSPS) is 18.7. The fraction of sp³-hybridized carbons (Fsp3) is 0.176. The first-order valence-electron chi connectivity index (χ1n) is 7.83. The average molecular weight is 354 g/mol. The van der Waals surface area contributed by atoms with Crippen molar-refractivity contribution in [2.45, 2.75) is 18.9 Å². The molecule has 1 amide bonds. The van der Waals surface area contributed by atoms with Crippen LogP contribution >= 0.6 is 12.2 Å². The molecule has 1 aliphatic heterocycles. The Morgan fingerprint density at radius 1 is 1.24 bits per heavy atom. The van der Waals surface area contributed by atoms with E-state index >= 15 is 0 Å². The number of nitrogens with zero attached hydrogens (tertiary/aromatic N) is 3. The van der Waals surface area contributed by atoms with Crippen molar-refractivity contribution in [2.75, 3.05) is 0 Å². The summed E-state index contributed by atoms with van der Waals surface area (Å²) in [7, 11) is 0. The van der Waals surface area contributed by atoms with Gasteiger partial charge in [-0.2, -0.15) is 0 Å². The van der Waals surface area contributed by atoms with Crippen LogP contribution in [0, 0.1) is 10.1 Å². The molecule has 0 unspecified atom stereocenters. The molecule has 126 valence electrons. The summed E-state index contributed by atoms with van der Waals surface area (Å²) in [6.07, 6.45) is 5.56. The maximum absolute atomic E-state index is 12.5. The van der Waals surface area contributed by atoms with Crippen LogP contribution in [0.15, 0.2) is 48.3 Å². The molecule has 1 saturated carbocycles. The number of rotatable bonds is 4. The number of hydrogen-bond acceptors (Lipinski definition) is 4. The first kappa shape index (κ1) is 15.5. The van der Waals surface area contributed by atoms with Gasteiger partial charge in [0.05, 0.1) is 4.92 Å². The molecule has 2 aromatic rings. The second kappa shape index (κ2) is 5.82. The second-order valence-corrected chi connectivity index (χ2v) is 6.36. The molecule has 0 bridgehead atoms. The standard InChI is InChI=1S/C17H14N4O3S/c22-16-15(18-17(25)20(16)12-5-6-12)10-14-2-1-9-19(14)11-3-7-13(8-4-11)21(23)24/h1-4,7-10,12H,5-6H2,(H,18,25)/b15-10+. The van der Waals surface area contributed by atoms with Gasteiger partial charge in [0.15, 0.2) is 5.11 Å². The predicted octanol–water partition coefficient (Wildman–Crippen LogP) is 2.61. The maximum Gasteiger partial charge on any atom is 0.276 e. The molecule has 1 aliphatic carbocycles. The summed E-state index contributed by atoms with van der Waals surface area (Å²) < 4.78 is 1.86. The van der Waals surface area contributed by atoms with Crippen molar-refractivity contribution in [1.29, 1.82) is 0 Å². The van der Waals surface area contributed by atoms with Crippen LogP contribution in [0.25, 0.3) is 11.8 Å². The summed E-state index contributed by atoms with van der Waals surface area (Å²) in [5.74, 6) is -0.107. The number of benzene rings is 1. The molecule has 8 heteroatoms. The van der Waals surface area contributed by atoms with Gasteiger partial charge in [0.1, 0.15) is 5.70 Å². The summed E-state index contributed by atoms with van der Waals surface area (Å²) in [6, 6.07) is 10.2. The molecule has 0 spiro atoms. The van der Waals surface area contributed by atoms with Crippen molar-refractivity contribution < 1.29 is 9.72 Å². The highest BCUT2D eigenvalue weighted by atomic mass is 32.1. The number of nitrogens with one attached hydrogen (secondary N) is 1. The molecule has 7 nitrogen and oxygen atoms in total. The van der Waals surface area contributed by atoms with Crippen LogP contribution in [0.3, 0.4) is 0 Å². The van der Waals surface area contributed by atoms with E-state index in [2.05, 4.69) is 5.32 Å². The number of hydrogen-bond donors (Lipinski definition) is 1. The van der Waals surface area contributed by atoms with Gasteiger partial charge in [-0.1, -0.05) is 0 Å². The fourth-order valence-electron chi connectivity index (χ4n) is 2.84. The van der Waals surface area contributed by atoms with E-state index in [4.69, 9.17) is 12.2 Å². The number of nitro benzene ring substituents is 1. The molecule has 1 saturated heterocycles. The number of aromatic nitrogens is 1. The van der Waals surface area contributed by atoms with Crippen LogP contribution in [-0.2, 0) is 4.79 Å². The lowest BCUT2D eigenvalue weighted by Gasteiger charge is -2.11. The van der Waals surface area contributed by atoms with E-state index in [1.54, 1.807) is 23.1 Å². The van der Waals surface area contributed by atoms with Gasteiger partial charge in [0.25, 0.3) is 11.6 Å². The summed E-state index contributed by atoms with van der Waals surface area (Å²) in [5, 5.41) is 14.2. The molecular weight excluding hydrogens is 340 g/mol. The zero-order chi connectivity index (χ0) is 17.6. The quantitative estimate of drug-likeness (QED) is 0.395. The molecule has 1 aromatic carbocycles. The number of non-ortho nitro benzene ring substituents is 1. The van der Waals surface area contributed by atoms with E-state index < -0.39 is 4.92 Å². The summed E-state index contributed by atoms with van der Waals surface area (Å²) >= 11 is 5.25. The number of nitro groups is 1. The lowest BCUT2D eigenvalue weighted by molar-refractivity contribution is -0.384. The minimum absolute atomic E-state index is 0.0360. The Morgan fingerprint density at radius 3 is 2.60 bits per heavy atom. The SMILES string of the molecule is O=C1/C(=C\c2cccn2-c2ccc([N+](=O)[O-])cc2)NC(=S)N1C1CC1. The summed E-state index contributed by atoms with van der Waals surface area (Å²) in [4.78, 5) is 24.5. The van der Waals surface area contributed by atoms with E-state index in [-0.39, 0.29) is 17.6 Å². The highest BCUT2D eigenvalue weighted by Crippen LogP contribution is 2.31. The Bertz CT molecular complexity index is 912. The van der Waals surface area contributed by atoms with Crippen molar-refractivity contribution in [2.24, 2.45) is 0 Å². The fourth-order valence-corrected chi connectivity index (χ4v) is 3.18. The Morgan fingerprint density at radius 2 is 1.96 bits per heavy atom. The van der Waals surface area contributed by atoms with Gasteiger partial charge in [-0.25, -0.2) is 0 Å². The van der Waals surface area contributed by atoms with Crippen molar-refractivity contribution in [3.8, 4) is 5.69 Å². The predicted molar refractivity (Wildman–Crippen MR) is 96.0 cm³/mol. The lowest BCUT2D eigenvalue weighted by Crippen LogP contribution is -2.32. The number of carbonyl (C=O) groups excluding carboxylic acids is 1. The first-order valence-corrected chi connectivity index (χ1v) is 8.24. The minimum Gasteiger partial charge on any atom is -0.328 e. The van der Waals surface area contributed by atoms with E-state index in [1.807, 2.05) is 22.9 Å². The zero-order valence-electron chi connectivity index (χ0n) is 13.1. The largest absolute Gasteiger partial charge is 0.328 e. The summed E-state index contributed by atoms with van der Waals surface area (Å²) in [6.45, 7) is 0. The van der Waals surface area contributed by atoms with Crippen LogP contribution in [-0.4, -0.2) is 31.5 Å². The molecule has 1 N–H and O–H groups in total. The van der Waals surface area contributed by atoms with Gasteiger partial charge in [0.2, 0.25) is 0 Å². The summed E-state index contributed by atoms with van der Waals surface area (Å²) in [5.41, 5.74) is 2.03. The van der Waals surface area contributed by atoms with Crippen LogP contribution in [0.5, 0.6) is 0 Å². The zero-order valence-corrected chi connectivity index (χ0v) is 13.9. The molecule has 0 atom stereocenters. The third kappa shape index (κ3) is 2.80. The van der Waals surface area contributed by atoms with Crippen LogP contribution < -0.4 is 5.32 Å². The van der Waals surface area contributed by atoms with Gasteiger partial charge in [-0.05, 0) is 55.4 Å². The smallest absolute Gasteiger partial charge is 0.276 e. The molecule has 4 rings (SSSR count). The third-order valence-electron chi connectivity index (χ3n) is 4.23. The topological polar surface area (TPSA) is 80.4 Å². The van der Waals surface area contributed by atoms with Crippen molar-refractivity contribution in [1.82, 2.24) is 14.8 Å². The highest BCUT2D eigenvalue weighted by Gasteiger charge is 2.41. The highest BCUT2D eigenvalue weighted by molar-refractivity contribution is 7.80. The second-order valence-electron chi connectivity index (χ2n) is 5.97. The van der Waals surface area contributed by atoms with Crippen molar-refractivity contribution in [3.05, 3.63) is 64.1 Å². The monoisotopic (exact) mass is 354 g/mol. The average Bonchev–Trinajstić information content (AvgIpc) is 3.24. The van der Waals surface area contributed by atoms with Gasteiger partial charge >= 0.3 is 0 Å². The number of carbonyl (C=O) groups is 1. The Hall–Kier alpha value is -3.00.